The Hall–Kier alpha value is -0.780. The van der Waals surface area contributed by atoms with Crippen LogP contribution in [0.15, 0.2) is 18.2 Å². The Balaban J connectivity index is 1.93. The second-order valence-electron chi connectivity index (χ2n) is 5.70. The zero-order chi connectivity index (χ0) is 10.4. The van der Waals surface area contributed by atoms with Gasteiger partial charge in [0.1, 0.15) is 0 Å². The molecular formula is C15H20. The Morgan fingerprint density at radius 1 is 0.933 bits per heavy atom. The van der Waals surface area contributed by atoms with E-state index in [0.717, 1.165) is 17.8 Å². The average molecular weight is 200 g/mol. The second-order valence-corrected chi connectivity index (χ2v) is 5.70. The van der Waals surface area contributed by atoms with Gasteiger partial charge in [0.25, 0.3) is 0 Å². The molecule has 15 heavy (non-hydrogen) atoms. The molecule has 80 valence electrons. The summed E-state index contributed by atoms with van der Waals surface area (Å²) in [6, 6.07) is 7.12. The molecule has 0 heteroatoms. The van der Waals surface area contributed by atoms with Gasteiger partial charge < -0.3 is 0 Å². The van der Waals surface area contributed by atoms with E-state index in [2.05, 4.69) is 32.0 Å². The maximum absolute atomic E-state index is 2.42. The first-order valence-corrected chi connectivity index (χ1v) is 6.30. The lowest BCUT2D eigenvalue weighted by atomic mass is 9.82. The molecule has 3 unspecified atom stereocenters. The zero-order valence-electron chi connectivity index (χ0n) is 9.79. The SMILES string of the molecule is Cc1cc(C)cc(C2CC3CCC2C3)c1. The minimum Gasteiger partial charge on any atom is -0.0564 e. The number of fused-ring (bicyclic) bond motifs is 2. The molecule has 0 aliphatic heterocycles. The first-order valence-electron chi connectivity index (χ1n) is 6.30. The van der Waals surface area contributed by atoms with Crippen LogP contribution in [0.3, 0.4) is 0 Å². The van der Waals surface area contributed by atoms with E-state index in [1.165, 1.54) is 36.8 Å². The van der Waals surface area contributed by atoms with Gasteiger partial charge in [-0.15, -0.1) is 0 Å². The summed E-state index contributed by atoms with van der Waals surface area (Å²) >= 11 is 0. The minimum absolute atomic E-state index is 0.891. The number of aryl methyl sites for hydroxylation is 2. The molecule has 0 saturated heterocycles. The molecule has 0 radical (unpaired) electrons. The van der Waals surface area contributed by atoms with Gasteiger partial charge in [0.15, 0.2) is 0 Å². The van der Waals surface area contributed by atoms with Crippen LogP contribution in [-0.4, -0.2) is 0 Å². The molecule has 2 aliphatic rings. The quantitative estimate of drug-likeness (QED) is 0.637. The predicted molar refractivity (Wildman–Crippen MR) is 64.1 cm³/mol. The van der Waals surface area contributed by atoms with Crippen molar-refractivity contribution in [3.63, 3.8) is 0 Å². The van der Waals surface area contributed by atoms with Crippen LogP contribution in [0.2, 0.25) is 0 Å². The standard InChI is InChI=1S/C15H20/c1-10-5-11(2)7-14(6-10)15-9-12-3-4-13(15)8-12/h5-7,12-13,15H,3-4,8-9H2,1-2H3. The van der Waals surface area contributed by atoms with E-state index in [9.17, 15) is 0 Å². The lowest BCUT2D eigenvalue weighted by molar-refractivity contribution is 0.420. The van der Waals surface area contributed by atoms with Gasteiger partial charge in [-0.05, 0) is 56.4 Å². The fourth-order valence-electron chi connectivity index (χ4n) is 3.88. The highest BCUT2D eigenvalue weighted by atomic mass is 14.4. The highest BCUT2D eigenvalue weighted by Crippen LogP contribution is 2.52. The van der Waals surface area contributed by atoms with Crippen molar-refractivity contribution in [3.8, 4) is 0 Å². The number of hydrogen-bond donors (Lipinski definition) is 0. The summed E-state index contributed by atoms with van der Waals surface area (Å²) in [7, 11) is 0. The number of rotatable bonds is 1. The molecule has 1 aromatic rings. The van der Waals surface area contributed by atoms with Crippen molar-refractivity contribution < 1.29 is 0 Å². The molecule has 0 heterocycles. The number of benzene rings is 1. The van der Waals surface area contributed by atoms with Gasteiger partial charge in [0.2, 0.25) is 0 Å². The van der Waals surface area contributed by atoms with Crippen LogP contribution in [0.5, 0.6) is 0 Å². The maximum atomic E-state index is 2.42. The van der Waals surface area contributed by atoms with Crippen molar-refractivity contribution in [2.75, 3.05) is 0 Å². The molecule has 2 fully saturated rings. The monoisotopic (exact) mass is 200 g/mol. The minimum atomic E-state index is 0.891. The van der Waals surface area contributed by atoms with E-state index in [1.807, 2.05) is 0 Å². The second kappa shape index (κ2) is 3.37. The van der Waals surface area contributed by atoms with E-state index >= 15 is 0 Å². The van der Waals surface area contributed by atoms with Gasteiger partial charge in [-0.1, -0.05) is 35.7 Å². The van der Waals surface area contributed by atoms with Crippen molar-refractivity contribution in [1.82, 2.24) is 0 Å². The smallest absolute Gasteiger partial charge is 0.0131 e. The van der Waals surface area contributed by atoms with Crippen LogP contribution >= 0.6 is 0 Å². The molecule has 3 atom stereocenters. The van der Waals surface area contributed by atoms with Crippen LogP contribution in [0.4, 0.5) is 0 Å². The average Bonchev–Trinajstić information content (AvgIpc) is 2.76. The zero-order valence-corrected chi connectivity index (χ0v) is 9.79. The fourth-order valence-corrected chi connectivity index (χ4v) is 3.88. The Labute approximate surface area is 92.7 Å². The summed E-state index contributed by atoms with van der Waals surface area (Å²) in [5.74, 6) is 2.96. The molecule has 0 aromatic heterocycles. The Morgan fingerprint density at radius 2 is 1.67 bits per heavy atom. The van der Waals surface area contributed by atoms with Gasteiger partial charge in [-0.3, -0.25) is 0 Å². The lowest BCUT2D eigenvalue weighted by Crippen LogP contribution is -2.08. The Bertz CT molecular complexity index is 357. The first-order chi connectivity index (χ1) is 7.22. The molecule has 1 aromatic carbocycles. The molecule has 0 spiro atoms. The summed E-state index contributed by atoms with van der Waals surface area (Å²) < 4.78 is 0. The lowest BCUT2D eigenvalue weighted by Gasteiger charge is -2.22. The third-order valence-electron chi connectivity index (χ3n) is 4.41. The molecule has 0 nitrogen and oxygen atoms in total. The summed E-state index contributed by atoms with van der Waals surface area (Å²) in [5, 5.41) is 0. The van der Waals surface area contributed by atoms with Gasteiger partial charge in [0, 0.05) is 0 Å². The molecule has 2 bridgehead atoms. The van der Waals surface area contributed by atoms with E-state index in [4.69, 9.17) is 0 Å². The highest BCUT2D eigenvalue weighted by Gasteiger charge is 2.39. The van der Waals surface area contributed by atoms with Crippen LogP contribution < -0.4 is 0 Å². The molecule has 3 rings (SSSR count). The van der Waals surface area contributed by atoms with Crippen molar-refractivity contribution in [1.29, 1.82) is 0 Å². The predicted octanol–water partition coefficient (Wildman–Crippen LogP) is 4.21. The molecule has 2 aliphatic carbocycles. The van der Waals surface area contributed by atoms with Crippen molar-refractivity contribution in [3.05, 3.63) is 34.9 Å². The van der Waals surface area contributed by atoms with Crippen molar-refractivity contribution >= 4 is 0 Å². The summed E-state index contributed by atoms with van der Waals surface area (Å²) in [6.07, 6.45) is 5.97. The third kappa shape index (κ3) is 1.60. The molecule has 0 N–H and O–H groups in total. The number of hydrogen-bond acceptors (Lipinski definition) is 0. The van der Waals surface area contributed by atoms with Crippen LogP contribution in [0, 0.1) is 25.7 Å². The van der Waals surface area contributed by atoms with Crippen LogP contribution in [-0.2, 0) is 0 Å². The van der Waals surface area contributed by atoms with E-state index < -0.39 is 0 Å². The molecule has 2 saturated carbocycles. The van der Waals surface area contributed by atoms with Gasteiger partial charge in [-0.25, -0.2) is 0 Å². The summed E-state index contributed by atoms with van der Waals surface area (Å²) in [6.45, 7) is 4.45. The van der Waals surface area contributed by atoms with Crippen LogP contribution in [0.25, 0.3) is 0 Å². The van der Waals surface area contributed by atoms with E-state index in [1.54, 1.807) is 5.56 Å². The molecular weight excluding hydrogens is 180 g/mol. The Kier molecular flexibility index (Phi) is 2.12. The fraction of sp³-hybridized carbons (Fsp3) is 0.600. The van der Waals surface area contributed by atoms with Crippen molar-refractivity contribution in [2.24, 2.45) is 11.8 Å². The maximum Gasteiger partial charge on any atom is -0.0131 e. The van der Waals surface area contributed by atoms with Gasteiger partial charge in [0.05, 0.1) is 0 Å². The highest BCUT2D eigenvalue weighted by molar-refractivity contribution is 5.32. The van der Waals surface area contributed by atoms with E-state index in [-0.39, 0.29) is 0 Å². The largest absolute Gasteiger partial charge is 0.0564 e. The topological polar surface area (TPSA) is 0 Å². The Morgan fingerprint density at radius 3 is 2.20 bits per heavy atom. The van der Waals surface area contributed by atoms with Crippen LogP contribution in [0.1, 0.15) is 48.3 Å². The summed E-state index contributed by atoms with van der Waals surface area (Å²) in [4.78, 5) is 0. The van der Waals surface area contributed by atoms with E-state index in [0.29, 0.717) is 0 Å². The normalized spacial score (nSPS) is 33.6. The first kappa shape index (κ1) is 9.45. The van der Waals surface area contributed by atoms with Crippen molar-refractivity contribution in [2.45, 2.75) is 45.4 Å². The summed E-state index contributed by atoms with van der Waals surface area (Å²) in [5.41, 5.74) is 4.50. The van der Waals surface area contributed by atoms with Gasteiger partial charge >= 0.3 is 0 Å². The third-order valence-corrected chi connectivity index (χ3v) is 4.41. The molecule has 0 amide bonds. The van der Waals surface area contributed by atoms with Gasteiger partial charge in [-0.2, -0.15) is 0 Å².